The molecule has 0 amide bonds. The molecule has 1 aromatic rings. The van der Waals surface area contributed by atoms with Gasteiger partial charge in [-0.1, -0.05) is 12.1 Å². The predicted octanol–water partition coefficient (Wildman–Crippen LogP) is 3.28. The molecule has 0 saturated heterocycles. The number of esters is 2. The summed E-state index contributed by atoms with van der Waals surface area (Å²) in [6.45, 7) is 5.37. The van der Waals surface area contributed by atoms with E-state index < -0.39 is 16.9 Å². The molecule has 2 aliphatic rings. The van der Waals surface area contributed by atoms with Gasteiger partial charge in [0.15, 0.2) is 0 Å². The van der Waals surface area contributed by atoms with Crippen LogP contribution in [0.5, 0.6) is 0 Å². The highest BCUT2D eigenvalue weighted by molar-refractivity contribution is 5.93. The van der Waals surface area contributed by atoms with Crippen LogP contribution < -0.4 is 0 Å². The van der Waals surface area contributed by atoms with Crippen LogP contribution in [0.1, 0.15) is 29.8 Å². The van der Waals surface area contributed by atoms with Gasteiger partial charge in [0.05, 0.1) is 28.7 Å². The largest absolute Gasteiger partial charge is 0.463 e. The molecule has 1 aromatic carbocycles. The Balaban J connectivity index is 1.87. The molecular formula is C21H22N2O6. The maximum Gasteiger partial charge on any atom is 0.344 e. The van der Waals surface area contributed by atoms with Gasteiger partial charge in [0, 0.05) is 30.3 Å². The topological polar surface area (TPSA) is 99.0 Å². The third kappa shape index (κ3) is 3.65. The fourth-order valence-electron chi connectivity index (χ4n) is 3.69. The van der Waals surface area contributed by atoms with E-state index in [9.17, 15) is 19.7 Å². The zero-order valence-electron chi connectivity index (χ0n) is 16.7. The number of ether oxygens (including phenoxy) is 2. The minimum atomic E-state index is -0.690. The molecule has 2 atom stereocenters. The number of carbonyl (C=O) groups excluding carboxylic acids is 2. The smallest absolute Gasteiger partial charge is 0.344 e. The zero-order chi connectivity index (χ0) is 21.3. The first-order chi connectivity index (χ1) is 13.8. The van der Waals surface area contributed by atoms with Crippen LogP contribution in [0.25, 0.3) is 0 Å². The number of hydrogen-bond acceptors (Lipinski definition) is 7. The molecule has 0 fully saturated rings. The van der Waals surface area contributed by atoms with Gasteiger partial charge in [0.2, 0.25) is 0 Å². The van der Waals surface area contributed by atoms with Crippen LogP contribution in [0.4, 0.5) is 5.69 Å². The molecule has 0 unspecified atom stereocenters. The van der Waals surface area contributed by atoms with Crippen molar-refractivity contribution in [3.05, 3.63) is 74.7 Å². The zero-order valence-corrected chi connectivity index (χ0v) is 16.7. The van der Waals surface area contributed by atoms with E-state index in [4.69, 9.17) is 9.47 Å². The van der Waals surface area contributed by atoms with Crippen LogP contribution in [0.3, 0.4) is 0 Å². The lowest BCUT2D eigenvalue weighted by Gasteiger charge is -2.26. The number of likely N-dealkylation sites (N-methyl/N-ethyl adjacent to an activating group) is 1. The normalized spacial score (nSPS) is 20.3. The average molecular weight is 398 g/mol. The molecule has 0 radical (unpaired) electrons. The summed E-state index contributed by atoms with van der Waals surface area (Å²) in [5.41, 5.74) is 1.55. The van der Waals surface area contributed by atoms with E-state index in [-0.39, 0.29) is 41.1 Å². The van der Waals surface area contributed by atoms with Gasteiger partial charge < -0.3 is 14.4 Å². The van der Waals surface area contributed by atoms with E-state index in [1.165, 1.54) is 25.1 Å². The van der Waals surface area contributed by atoms with E-state index in [0.29, 0.717) is 5.57 Å². The molecule has 1 aliphatic heterocycles. The molecule has 8 nitrogen and oxygen atoms in total. The Bertz CT molecular complexity index is 975. The number of fused-ring (bicyclic) bond motifs is 1. The predicted molar refractivity (Wildman–Crippen MR) is 105 cm³/mol. The Morgan fingerprint density at radius 1 is 1.24 bits per heavy atom. The Hall–Kier alpha value is -3.42. The van der Waals surface area contributed by atoms with Gasteiger partial charge in [0.25, 0.3) is 5.69 Å². The van der Waals surface area contributed by atoms with Gasteiger partial charge in [-0.15, -0.1) is 0 Å². The second-order valence-corrected chi connectivity index (χ2v) is 6.87. The van der Waals surface area contributed by atoms with E-state index in [1.54, 1.807) is 19.1 Å². The van der Waals surface area contributed by atoms with Gasteiger partial charge in [-0.2, -0.15) is 0 Å². The Morgan fingerprint density at radius 2 is 1.97 bits per heavy atom. The number of carbonyl (C=O) groups is 2. The fraction of sp³-hybridized carbons (Fsp3) is 0.333. The molecule has 0 N–H and O–H groups in total. The second-order valence-electron chi connectivity index (χ2n) is 6.87. The van der Waals surface area contributed by atoms with Gasteiger partial charge in [0.1, 0.15) is 5.76 Å². The molecule has 0 bridgehead atoms. The van der Waals surface area contributed by atoms with Crippen molar-refractivity contribution in [2.24, 2.45) is 5.92 Å². The summed E-state index contributed by atoms with van der Waals surface area (Å²) in [4.78, 5) is 37.6. The Morgan fingerprint density at radius 3 is 2.62 bits per heavy atom. The van der Waals surface area contributed by atoms with Gasteiger partial charge in [-0.3, -0.25) is 10.1 Å². The number of nitro groups is 1. The summed E-state index contributed by atoms with van der Waals surface area (Å²) in [6, 6.07) is 4.19. The summed E-state index contributed by atoms with van der Waals surface area (Å²) in [7, 11) is 1.89. The monoisotopic (exact) mass is 398 g/mol. The van der Waals surface area contributed by atoms with Crippen molar-refractivity contribution in [3.63, 3.8) is 0 Å². The molecule has 1 aliphatic carbocycles. The van der Waals surface area contributed by atoms with E-state index >= 15 is 0 Å². The Labute approximate surface area is 168 Å². The third-order valence-electron chi connectivity index (χ3n) is 5.30. The van der Waals surface area contributed by atoms with Crippen molar-refractivity contribution in [2.75, 3.05) is 13.7 Å². The average Bonchev–Trinajstić information content (AvgIpc) is 2.92. The highest BCUT2D eigenvalue weighted by atomic mass is 16.6. The van der Waals surface area contributed by atoms with Crippen molar-refractivity contribution in [3.8, 4) is 0 Å². The molecular weight excluding hydrogens is 376 g/mol. The quantitative estimate of drug-likeness (QED) is 0.426. The number of nitro benzene ring substituents is 1. The molecule has 8 heteroatoms. The summed E-state index contributed by atoms with van der Waals surface area (Å²) < 4.78 is 10.7. The van der Waals surface area contributed by atoms with E-state index in [0.717, 1.165) is 5.70 Å². The molecule has 0 spiro atoms. The van der Waals surface area contributed by atoms with Crippen LogP contribution in [-0.4, -0.2) is 41.5 Å². The highest BCUT2D eigenvalue weighted by Crippen LogP contribution is 2.38. The van der Waals surface area contributed by atoms with Crippen LogP contribution in [0, 0.1) is 23.0 Å². The first-order valence-corrected chi connectivity index (χ1v) is 9.23. The van der Waals surface area contributed by atoms with Gasteiger partial charge >= 0.3 is 11.9 Å². The lowest BCUT2D eigenvalue weighted by atomic mass is 9.90. The van der Waals surface area contributed by atoms with Gasteiger partial charge in [-0.25, -0.2) is 9.59 Å². The van der Waals surface area contributed by atoms with Gasteiger partial charge in [-0.05, 0) is 39.0 Å². The first-order valence-electron chi connectivity index (χ1n) is 9.23. The minimum absolute atomic E-state index is 0.0728. The Kier molecular flexibility index (Phi) is 5.54. The summed E-state index contributed by atoms with van der Waals surface area (Å²) in [6.07, 6.45) is 5.25. The highest BCUT2D eigenvalue weighted by Gasteiger charge is 2.40. The number of rotatable bonds is 5. The molecule has 0 aromatic heterocycles. The van der Waals surface area contributed by atoms with E-state index in [2.05, 4.69) is 0 Å². The lowest BCUT2D eigenvalue weighted by molar-refractivity contribution is -0.385. The second kappa shape index (κ2) is 7.90. The summed E-state index contributed by atoms with van der Waals surface area (Å²) >= 11 is 0. The first kappa shape index (κ1) is 20.3. The van der Waals surface area contributed by atoms with Crippen LogP contribution >= 0.6 is 0 Å². The maximum absolute atomic E-state index is 12.6. The standard InChI is InChI=1S/C21H22N2O6/c1-5-28-21(25)19-13(3)22(4)18-10-9-14(11-16(18)19)29-20(24)15-7-6-8-17(12(15)2)23(26)27/h6-11,16,18H,5H2,1-4H3/t16-,18+/m1/s1. The molecule has 29 heavy (non-hydrogen) atoms. The molecule has 152 valence electrons. The molecule has 1 heterocycles. The number of nitrogens with zero attached hydrogens (tertiary/aromatic N) is 2. The van der Waals surface area contributed by atoms with Crippen molar-refractivity contribution < 1.29 is 24.0 Å². The van der Waals surface area contributed by atoms with Crippen molar-refractivity contribution in [1.82, 2.24) is 4.90 Å². The van der Waals surface area contributed by atoms with Crippen molar-refractivity contribution in [2.45, 2.75) is 26.8 Å². The van der Waals surface area contributed by atoms with Crippen molar-refractivity contribution in [1.29, 1.82) is 0 Å². The van der Waals surface area contributed by atoms with E-state index in [1.807, 2.05) is 24.9 Å². The number of allylic oxidation sites excluding steroid dienone is 2. The lowest BCUT2D eigenvalue weighted by Crippen LogP contribution is -2.30. The third-order valence-corrected chi connectivity index (χ3v) is 5.30. The minimum Gasteiger partial charge on any atom is -0.463 e. The molecule has 0 saturated carbocycles. The van der Waals surface area contributed by atoms with Crippen LogP contribution in [0.15, 0.2) is 53.5 Å². The number of benzene rings is 1. The fourth-order valence-corrected chi connectivity index (χ4v) is 3.69. The van der Waals surface area contributed by atoms with Crippen LogP contribution in [0.2, 0.25) is 0 Å². The molecule has 3 rings (SSSR count). The maximum atomic E-state index is 12.6. The summed E-state index contributed by atoms with van der Waals surface area (Å²) in [5, 5.41) is 11.1. The summed E-state index contributed by atoms with van der Waals surface area (Å²) in [5.74, 6) is -1.11. The van der Waals surface area contributed by atoms with Crippen molar-refractivity contribution >= 4 is 17.6 Å². The number of hydrogen-bond donors (Lipinski definition) is 0. The SMILES string of the molecule is CCOC(=O)C1=C(C)N(C)[C@H]2C=CC(OC(=O)c3cccc([N+](=O)[O-])c3C)=C[C@@H]12. The van der Waals surface area contributed by atoms with Crippen LogP contribution in [-0.2, 0) is 14.3 Å².